The third-order valence-electron chi connectivity index (χ3n) is 3.55. The Kier molecular flexibility index (Phi) is 2.63. The largest absolute Gasteiger partial charge is 0.341 e. The van der Waals surface area contributed by atoms with Crippen molar-refractivity contribution in [2.75, 3.05) is 0 Å². The van der Waals surface area contributed by atoms with Crippen LogP contribution in [-0.2, 0) is 5.41 Å². The quantitative estimate of drug-likeness (QED) is 0.735. The molecule has 0 aliphatic rings. The van der Waals surface area contributed by atoms with Crippen LogP contribution < -0.4 is 0 Å². The van der Waals surface area contributed by atoms with Crippen molar-refractivity contribution in [3.63, 3.8) is 0 Å². The van der Waals surface area contributed by atoms with Gasteiger partial charge < -0.3 is 4.98 Å². The molecule has 1 aromatic heterocycles. The summed E-state index contributed by atoms with van der Waals surface area (Å²) in [6.07, 6.45) is 0. The number of imidazole rings is 1. The molecule has 0 aliphatic heterocycles. The van der Waals surface area contributed by atoms with E-state index in [1.165, 1.54) is 6.07 Å². The van der Waals surface area contributed by atoms with Crippen molar-refractivity contribution in [2.24, 2.45) is 0 Å². The van der Waals surface area contributed by atoms with Crippen LogP contribution in [0, 0.1) is 5.82 Å². The highest BCUT2D eigenvalue weighted by Crippen LogP contribution is 2.30. The average Bonchev–Trinajstić information content (AvgIpc) is 2.86. The predicted molar refractivity (Wildman–Crippen MR) is 74.6 cm³/mol. The minimum absolute atomic E-state index is 0.285. The highest BCUT2D eigenvalue weighted by atomic mass is 19.1. The SMILES string of the molecule is CC(C)(c1ccccc1)c1nc2c(F)cccc2[nH]1. The van der Waals surface area contributed by atoms with E-state index in [0.717, 1.165) is 16.9 Å². The van der Waals surface area contributed by atoms with Crippen molar-refractivity contribution in [3.8, 4) is 0 Å². The summed E-state index contributed by atoms with van der Waals surface area (Å²) >= 11 is 0. The van der Waals surface area contributed by atoms with E-state index in [-0.39, 0.29) is 11.2 Å². The highest BCUT2D eigenvalue weighted by Gasteiger charge is 2.27. The molecule has 0 unspecified atom stereocenters. The molecule has 0 aliphatic carbocycles. The van der Waals surface area contributed by atoms with Crippen LogP contribution in [0.3, 0.4) is 0 Å². The van der Waals surface area contributed by atoms with E-state index in [1.54, 1.807) is 6.07 Å². The van der Waals surface area contributed by atoms with Crippen molar-refractivity contribution in [3.05, 3.63) is 65.7 Å². The van der Waals surface area contributed by atoms with Crippen LogP contribution in [0.4, 0.5) is 4.39 Å². The summed E-state index contributed by atoms with van der Waals surface area (Å²) in [7, 11) is 0. The van der Waals surface area contributed by atoms with E-state index in [0.29, 0.717) is 5.52 Å². The minimum Gasteiger partial charge on any atom is -0.341 e. The van der Waals surface area contributed by atoms with Gasteiger partial charge in [0, 0.05) is 5.41 Å². The molecule has 3 rings (SSSR count). The van der Waals surface area contributed by atoms with Crippen LogP contribution >= 0.6 is 0 Å². The number of fused-ring (bicyclic) bond motifs is 1. The first-order chi connectivity index (χ1) is 9.09. The lowest BCUT2D eigenvalue weighted by Gasteiger charge is -2.22. The second-order valence-corrected chi connectivity index (χ2v) is 5.21. The van der Waals surface area contributed by atoms with Crippen LogP contribution in [0.2, 0.25) is 0 Å². The van der Waals surface area contributed by atoms with Crippen molar-refractivity contribution in [1.29, 1.82) is 0 Å². The standard InChI is InChI=1S/C16H15FN2/c1-16(2,11-7-4-3-5-8-11)15-18-13-10-6-9-12(17)14(13)19-15/h3-10H,1-2H3,(H,18,19). The van der Waals surface area contributed by atoms with Gasteiger partial charge in [-0.1, -0.05) is 36.4 Å². The summed E-state index contributed by atoms with van der Waals surface area (Å²) in [5.74, 6) is 0.489. The number of nitrogens with one attached hydrogen (secondary N) is 1. The third kappa shape index (κ3) is 1.91. The molecule has 3 aromatic rings. The molecule has 0 spiro atoms. The number of H-pyrrole nitrogens is 1. The van der Waals surface area contributed by atoms with Gasteiger partial charge in [-0.15, -0.1) is 0 Å². The molecule has 0 amide bonds. The van der Waals surface area contributed by atoms with Gasteiger partial charge in [-0.05, 0) is 31.5 Å². The number of hydrogen-bond acceptors (Lipinski definition) is 1. The number of hydrogen-bond donors (Lipinski definition) is 1. The Morgan fingerprint density at radius 1 is 1.00 bits per heavy atom. The molecule has 0 bridgehead atoms. The third-order valence-corrected chi connectivity index (χ3v) is 3.55. The fraction of sp³-hybridized carbons (Fsp3) is 0.188. The molecule has 2 aromatic carbocycles. The first-order valence-corrected chi connectivity index (χ1v) is 6.29. The van der Waals surface area contributed by atoms with Crippen LogP contribution in [0.25, 0.3) is 11.0 Å². The molecule has 0 saturated carbocycles. The van der Waals surface area contributed by atoms with Crippen LogP contribution in [0.5, 0.6) is 0 Å². The van der Waals surface area contributed by atoms with Gasteiger partial charge in [-0.3, -0.25) is 0 Å². The van der Waals surface area contributed by atoms with E-state index < -0.39 is 0 Å². The van der Waals surface area contributed by atoms with Gasteiger partial charge in [0.25, 0.3) is 0 Å². The predicted octanol–water partition coefficient (Wildman–Crippen LogP) is 4.03. The lowest BCUT2D eigenvalue weighted by Crippen LogP contribution is -2.20. The molecular weight excluding hydrogens is 239 g/mol. The Balaban J connectivity index is 2.16. The highest BCUT2D eigenvalue weighted by molar-refractivity contribution is 5.76. The molecular formula is C16H15FN2. The second kappa shape index (κ2) is 4.19. The maximum absolute atomic E-state index is 13.7. The molecule has 0 saturated heterocycles. The van der Waals surface area contributed by atoms with E-state index >= 15 is 0 Å². The smallest absolute Gasteiger partial charge is 0.151 e. The molecule has 0 atom stereocenters. The van der Waals surface area contributed by atoms with Gasteiger partial charge in [0.2, 0.25) is 0 Å². The molecule has 19 heavy (non-hydrogen) atoms. The van der Waals surface area contributed by atoms with Gasteiger partial charge in [-0.25, -0.2) is 9.37 Å². The number of halogens is 1. The number of rotatable bonds is 2. The van der Waals surface area contributed by atoms with Crippen molar-refractivity contribution >= 4 is 11.0 Å². The normalized spacial score (nSPS) is 11.9. The van der Waals surface area contributed by atoms with E-state index in [2.05, 4.69) is 35.9 Å². The van der Waals surface area contributed by atoms with Gasteiger partial charge in [0.05, 0.1) is 5.52 Å². The van der Waals surface area contributed by atoms with Crippen molar-refractivity contribution < 1.29 is 4.39 Å². The second-order valence-electron chi connectivity index (χ2n) is 5.21. The molecule has 2 nitrogen and oxygen atoms in total. The van der Waals surface area contributed by atoms with Crippen LogP contribution in [0.1, 0.15) is 25.2 Å². The van der Waals surface area contributed by atoms with Crippen LogP contribution in [-0.4, -0.2) is 9.97 Å². The molecule has 0 fully saturated rings. The summed E-state index contributed by atoms with van der Waals surface area (Å²) in [6.45, 7) is 4.16. The Morgan fingerprint density at radius 2 is 1.74 bits per heavy atom. The topological polar surface area (TPSA) is 28.7 Å². The maximum Gasteiger partial charge on any atom is 0.151 e. The Labute approximate surface area is 111 Å². The summed E-state index contributed by atoms with van der Waals surface area (Å²) in [5, 5.41) is 0. The number of para-hydroxylation sites is 1. The monoisotopic (exact) mass is 254 g/mol. The van der Waals surface area contributed by atoms with Crippen LogP contribution in [0.15, 0.2) is 48.5 Å². The lowest BCUT2D eigenvalue weighted by molar-refractivity contribution is 0.598. The van der Waals surface area contributed by atoms with Gasteiger partial charge >= 0.3 is 0 Å². The van der Waals surface area contributed by atoms with E-state index in [1.807, 2.05) is 24.3 Å². The molecule has 0 radical (unpaired) electrons. The first kappa shape index (κ1) is 11.9. The summed E-state index contributed by atoms with van der Waals surface area (Å²) < 4.78 is 13.7. The first-order valence-electron chi connectivity index (χ1n) is 6.29. The van der Waals surface area contributed by atoms with Gasteiger partial charge in [-0.2, -0.15) is 0 Å². The number of nitrogens with zero attached hydrogens (tertiary/aromatic N) is 1. The Bertz CT molecular complexity index is 714. The number of aromatic nitrogens is 2. The van der Waals surface area contributed by atoms with Gasteiger partial charge in [0.15, 0.2) is 5.82 Å². The zero-order valence-electron chi connectivity index (χ0n) is 10.9. The Morgan fingerprint density at radius 3 is 2.42 bits per heavy atom. The summed E-state index contributed by atoms with van der Waals surface area (Å²) in [4.78, 5) is 7.65. The van der Waals surface area contributed by atoms with Crippen molar-refractivity contribution in [1.82, 2.24) is 9.97 Å². The zero-order valence-corrected chi connectivity index (χ0v) is 10.9. The molecule has 1 N–H and O–H groups in total. The number of aromatic amines is 1. The zero-order chi connectivity index (χ0) is 13.5. The fourth-order valence-corrected chi connectivity index (χ4v) is 2.28. The average molecular weight is 254 g/mol. The number of benzene rings is 2. The summed E-state index contributed by atoms with van der Waals surface area (Å²) in [6, 6.07) is 15.1. The molecule has 1 heterocycles. The van der Waals surface area contributed by atoms with Gasteiger partial charge in [0.1, 0.15) is 11.3 Å². The minimum atomic E-state index is -0.288. The molecule has 96 valence electrons. The Hall–Kier alpha value is -2.16. The van der Waals surface area contributed by atoms with E-state index in [9.17, 15) is 4.39 Å². The molecule has 3 heteroatoms. The van der Waals surface area contributed by atoms with Crippen molar-refractivity contribution in [2.45, 2.75) is 19.3 Å². The lowest BCUT2D eigenvalue weighted by atomic mass is 9.84. The maximum atomic E-state index is 13.7. The summed E-state index contributed by atoms with van der Waals surface area (Å²) in [5.41, 5.74) is 2.00. The fourth-order valence-electron chi connectivity index (χ4n) is 2.28. The van der Waals surface area contributed by atoms with E-state index in [4.69, 9.17) is 0 Å².